The van der Waals surface area contributed by atoms with Gasteiger partial charge in [0, 0.05) is 4.57 Å². The number of carbonyl (C=O) groups is 1. The van der Waals surface area contributed by atoms with Crippen molar-refractivity contribution in [1.29, 1.82) is 0 Å². The molecule has 0 aliphatic carbocycles. The standard InChI is InChI=1S/C5H9NO2.HO3P/c7-5(8)4-2-1-3-6-4;1-4(2)3/h4,6H,1-3H2,(H,7,8);(H-,1,2,3)/p+1. The third-order valence-corrected chi connectivity index (χ3v) is 1.36. The molecule has 0 bridgehead atoms. The Kier molecular flexibility index (Phi) is 5.74. The molecular weight excluding hydrogens is 185 g/mol. The van der Waals surface area contributed by atoms with Crippen molar-refractivity contribution in [3.05, 3.63) is 0 Å². The molecule has 0 spiro atoms. The van der Waals surface area contributed by atoms with E-state index in [0.29, 0.717) is 0 Å². The molecule has 0 aromatic heterocycles. The van der Waals surface area contributed by atoms with Crippen molar-refractivity contribution in [3.8, 4) is 0 Å². The minimum absolute atomic E-state index is 0.269. The summed E-state index contributed by atoms with van der Waals surface area (Å²) in [5, 5.41) is 11.2. The van der Waals surface area contributed by atoms with Crippen LogP contribution >= 0.6 is 8.25 Å². The molecule has 1 saturated heterocycles. The summed E-state index contributed by atoms with van der Waals surface area (Å²) in [6.07, 6.45) is 1.78. The van der Waals surface area contributed by atoms with E-state index in [1.807, 2.05) is 0 Å². The minimum atomic E-state index is -2.87. The molecule has 12 heavy (non-hydrogen) atoms. The molecule has 4 N–H and O–H groups in total. The highest BCUT2D eigenvalue weighted by Crippen LogP contribution is 2.03. The average Bonchev–Trinajstić information content (AvgIpc) is 2.34. The smallest absolute Gasteiger partial charge is 0.480 e. The fourth-order valence-electron chi connectivity index (χ4n) is 0.895. The molecule has 0 saturated carbocycles. The molecule has 0 radical (unpaired) electrons. The number of nitrogens with one attached hydrogen (secondary N) is 1. The molecule has 1 aliphatic heterocycles. The van der Waals surface area contributed by atoms with Crippen LogP contribution < -0.4 is 5.32 Å². The molecular formula is C5H11NO5P+. The van der Waals surface area contributed by atoms with Gasteiger partial charge in [-0.3, -0.25) is 4.79 Å². The predicted octanol–water partition coefficient (Wildman–Crippen LogP) is -0.549. The molecule has 1 rings (SSSR count). The second-order valence-corrected chi connectivity index (χ2v) is 2.75. The van der Waals surface area contributed by atoms with E-state index in [1.165, 1.54) is 0 Å². The zero-order valence-electron chi connectivity index (χ0n) is 6.30. The molecule has 7 heteroatoms. The van der Waals surface area contributed by atoms with Crippen LogP contribution in [-0.2, 0) is 9.36 Å². The lowest BCUT2D eigenvalue weighted by Gasteiger charge is -1.99. The van der Waals surface area contributed by atoms with Crippen molar-refractivity contribution in [1.82, 2.24) is 5.32 Å². The molecule has 0 amide bonds. The molecule has 0 aromatic rings. The zero-order chi connectivity index (χ0) is 9.56. The Labute approximate surface area is 70.2 Å². The van der Waals surface area contributed by atoms with Crippen molar-refractivity contribution in [2.45, 2.75) is 18.9 Å². The fraction of sp³-hybridized carbons (Fsp3) is 0.800. The summed E-state index contributed by atoms with van der Waals surface area (Å²) in [6.45, 7) is 0.858. The predicted molar refractivity (Wildman–Crippen MR) is 40.7 cm³/mol. The maximum Gasteiger partial charge on any atom is 0.692 e. The van der Waals surface area contributed by atoms with Gasteiger partial charge in [0.05, 0.1) is 0 Å². The van der Waals surface area contributed by atoms with Gasteiger partial charge in [-0.25, -0.2) is 0 Å². The number of hydrogen-bond donors (Lipinski definition) is 4. The van der Waals surface area contributed by atoms with Crippen molar-refractivity contribution in [2.75, 3.05) is 6.54 Å². The summed E-state index contributed by atoms with van der Waals surface area (Å²) in [7, 11) is -2.87. The van der Waals surface area contributed by atoms with E-state index >= 15 is 0 Å². The van der Waals surface area contributed by atoms with E-state index in [0.717, 1.165) is 19.4 Å². The third-order valence-electron chi connectivity index (χ3n) is 1.36. The summed E-state index contributed by atoms with van der Waals surface area (Å²) in [5.41, 5.74) is 0. The highest BCUT2D eigenvalue weighted by atomic mass is 31.1. The Balaban J connectivity index is 0.000000261. The van der Waals surface area contributed by atoms with Crippen molar-refractivity contribution >= 4 is 14.2 Å². The van der Waals surface area contributed by atoms with Gasteiger partial charge < -0.3 is 10.4 Å². The highest BCUT2D eigenvalue weighted by molar-refractivity contribution is 7.30. The largest absolute Gasteiger partial charge is 0.692 e. The van der Waals surface area contributed by atoms with Gasteiger partial charge in [0.2, 0.25) is 0 Å². The van der Waals surface area contributed by atoms with E-state index in [2.05, 4.69) is 5.32 Å². The summed E-state index contributed by atoms with van der Waals surface area (Å²) >= 11 is 0. The minimum Gasteiger partial charge on any atom is -0.480 e. The third kappa shape index (κ3) is 6.18. The SMILES string of the molecule is O=C(O)C1CCCN1.O=[P+](O)O. The van der Waals surface area contributed by atoms with Crippen LogP contribution in [0.4, 0.5) is 0 Å². The van der Waals surface area contributed by atoms with Crippen molar-refractivity contribution in [3.63, 3.8) is 0 Å². The lowest BCUT2D eigenvalue weighted by Crippen LogP contribution is -2.29. The first kappa shape index (κ1) is 11.4. The van der Waals surface area contributed by atoms with E-state index in [-0.39, 0.29) is 6.04 Å². The Morgan fingerprint density at radius 1 is 1.50 bits per heavy atom. The van der Waals surface area contributed by atoms with Gasteiger partial charge in [-0.1, -0.05) is 0 Å². The number of carboxylic acids is 1. The van der Waals surface area contributed by atoms with Crippen molar-refractivity contribution in [2.24, 2.45) is 0 Å². The van der Waals surface area contributed by atoms with E-state index in [9.17, 15) is 4.79 Å². The first-order chi connectivity index (χ1) is 5.54. The van der Waals surface area contributed by atoms with Crippen LogP contribution in [0.15, 0.2) is 0 Å². The fourth-order valence-corrected chi connectivity index (χ4v) is 0.895. The maximum atomic E-state index is 10.1. The van der Waals surface area contributed by atoms with Crippen LogP contribution in [0.25, 0.3) is 0 Å². The molecule has 1 heterocycles. The molecule has 0 aromatic carbocycles. The van der Waals surface area contributed by atoms with Crippen LogP contribution in [0.3, 0.4) is 0 Å². The van der Waals surface area contributed by atoms with Crippen molar-refractivity contribution < 1.29 is 24.3 Å². The molecule has 1 aliphatic rings. The maximum absolute atomic E-state index is 10.1. The van der Waals surface area contributed by atoms with Gasteiger partial charge in [0.15, 0.2) is 0 Å². The Morgan fingerprint density at radius 3 is 2.17 bits per heavy atom. The summed E-state index contributed by atoms with van der Waals surface area (Å²) < 4.78 is 8.70. The van der Waals surface area contributed by atoms with E-state index < -0.39 is 14.2 Å². The lowest BCUT2D eigenvalue weighted by atomic mass is 10.2. The Bertz CT molecular complexity index is 163. The summed E-state index contributed by atoms with van der Waals surface area (Å²) in [4.78, 5) is 24.4. The van der Waals surface area contributed by atoms with Crippen LogP contribution in [0.1, 0.15) is 12.8 Å². The molecule has 1 atom stereocenters. The quantitative estimate of drug-likeness (QED) is 0.419. The van der Waals surface area contributed by atoms with Gasteiger partial charge in [-0.2, -0.15) is 0 Å². The lowest BCUT2D eigenvalue weighted by molar-refractivity contribution is -0.139. The molecule has 6 nitrogen and oxygen atoms in total. The second kappa shape index (κ2) is 6.02. The zero-order valence-corrected chi connectivity index (χ0v) is 7.20. The number of hydrogen-bond acceptors (Lipinski definition) is 3. The summed E-state index contributed by atoms with van der Waals surface area (Å²) in [6, 6.07) is -0.269. The second-order valence-electron chi connectivity index (χ2n) is 2.24. The van der Waals surface area contributed by atoms with Crippen LogP contribution in [-0.4, -0.2) is 33.4 Å². The normalized spacial score (nSPS) is 21.0. The first-order valence-electron chi connectivity index (χ1n) is 3.35. The molecule has 1 fully saturated rings. The van der Waals surface area contributed by atoms with Gasteiger partial charge in [0.25, 0.3) is 0 Å². The van der Waals surface area contributed by atoms with Gasteiger partial charge >= 0.3 is 14.2 Å². The number of rotatable bonds is 1. The Morgan fingerprint density at radius 2 is 2.00 bits per heavy atom. The topological polar surface area (TPSA) is 107 Å². The van der Waals surface area contributed by atoms with E-state index in [1.54, 1.807) is 0 Å². The molecule has 1 unspecified atom stereocenters. The summed E-state index contributed by atoms with van der Waals surface area (Å²) in [5.74, 6) is -0.720. The van der Waals surface area contributed by atoms with Crippen LogP contribution in [0.5, 0.6) is 0 Å². The monoisotopic (exact) mass is 196 g/mol. The van der Waals surface area contributed by atoms with Gasteiger partial charge in [-0.05, 0) is 19.4 Å². The van der Waals surface area contributed by atoms with E-state index in [4.69, 9.17) is 19.5 Å². The van der Waals surface area contributed by atoms with Crippen LogP contribution in [0.2, 0.25) is 0 Å². The van der Waals surface area contributed by atoms with Gasteiger partial charge in [-0.15, -0.1) is 9.79 Å². The van der Waals surface area contributed by atoms with Gasteiger partial charge in [0.1, 0.15) is 6.04 Å². The number of carboxylic acid groups (broad SMARTS) is 1. The average molecular weight is 196 g/mol. The van der Waals surface area contributed by atoms with Crippen LogP contribution in [0, 0.1) is 0 Å². The first-order valence-corrected chi connectivity index (χ1v) is 4.51. The molecule has 70 valence electrons. The highest BCUT2D eigenvalue weighted by Gasteiger charge is 2.20. The Hall–Kier alpha value is -0.550. The number of aliphatic carboxylic acids is 1.